The Kier molecular flexibility index (Phi) is 3.61. The molecule has 0 unspecified atom stereocenters. The molecule has 0 radical (unpaired) electrons. The first kappa shape index (κ1) is 15.2. The van der Waals surface area contributed by atoms with E-state index in [0.29, 0.717) is 16.6 Å². The van der Waals surface area contributed by atoms with Gasteiger partial charge in [0.25, 0.3) is 5.91 Å². The molecule has 2 heterocycles. The van der Waals surface area contributed by atoms with Gasteiger partial charge in [-0.25, -0.2) is 0 Å². The molecule has 2 aromatic heterocycles. The summed E-state index contributed by atoms with van der Waals surface area (Å²) in [6.07, 6.45) is 2.02. The second kappa shape index (κ2) is 5.94. The maximum absolute atomic E-state index is 12.5. The van der Waals surface area contributed by atoms with E-state index in [0.717, 1.165) is 17.4 Å². The van der Waals surface area contributed by atoms with Gasteiger partial charge < -0.3 is 14.9 Å². The van der Waals surface area contributed by atoms with Crippen molar-refractivity contribution in [3.8, 4) is 0 Å². The van der Waals surface area contributed by atoms with E-state index in [1.165, 1.54) is 6.07 Å². The highest BCUT2D eigenvalue weighted by atomic mass is 16.2. The van der Waals surface area contributed by atoms with Gasteiger partial charge in [0, 0.05) is 46.3 Å². The number of H-pyrrole nitrogens is 1. The van der Waals surface area contributed by atoms with Crippen molar-refractivity contribution in [3.05, 3.63) is 76.7 Å². The van der Waals surface area contributed by atoms with Gasteiger partial charge in [-0.1, -0.05) is 12.1 Å². The maximum atomic E-state index is 12.5. The van der Waals surface area contributed by atoms with Crippen LogP contribution in [-0.4, -0.2) is 15.5 Å². The van der Waals surface area contributed by atoms with E-state index in [2.05, 4.69) is 21.8 Å². The molecule has 0 aliphatic rings. The number of anilines is 1. The average molecular weight is 331 g/mol. The molecule has 5 nitrogen and oxygen atoms in total. The van der Waals surface area contributed by atoms with Crippen molar-refractivity contribution in [2.24, 2.45) is 0 Å². The van der Waals surface area contributed by atoms with Gasteiger partial charge in [0.2, 0.25) is 0 Å². The van der Waals surface area contributed by atoms with Crippen molar-refractivity contribution in [3.63, 3.8) is 0 Å². The van der Waals surface area contributed by atoms with E-state index in [9.17, 15) is 9.59 Å². The predicted octanol–water partition coefficient (Wildman–Crippen LogP) is 3.76. The Morgan fingerprint density at radius 1 is 1.12 bits per heavy atom. The summed E-state index contributed by atoms with van der Waals surface area (Å²) in [5.74, 6) is -0.336. The summed E-state index contributed by atoms with van der Waals surface area (Å²) in [7, 11) is 0. The van der Waals surface area contributed by atoms with Gasteiger partial charge in [-0.05, 0) is 43.3 Å². The molecule has 0 saturated heterocycles. The zero-order valence-electron chi connectivity index (χ0n) is 13.7. The Morgan fingerprint density at radius 2 is 1.96 bits per heavy atom. The van der Waals surface area contributed by atoms with Gasteiger partial charge in [0.1, 0.15) is 5.69 Å². The van der Waals surface area contributed by atoms with Crippen LogP contribution < -0.4 is 10.7 Å². The number of aryl methyl sites for hydroxylation is 1. The van der Waals surface area contributed by atoms with Crippen LogP contribution in [0.2, 0.25) is 0 Å². The minimum atomic E-state index is -0.336. The molecule has 0 fully saturated rings. The molecular formula is C20H17N3O2. The molecule has 4 rings (SSSR count). The van der Waals surface area contributed by atoms with E-state index in [1.807, 2.05) is 36.5 Å². The van der Waals surface area contributed by atoms with Gasteiger partial charge in [0.15, 0.2) is 5.43 Å². The summed E-state index contributed by atoms with van der Waals surface area (Å²) < 4.78 is 2.14. The molecule has 25 heavy (non-hydrogen) atoms. The van der Waals surface area contributed by atoms with Crippen molar-refractivity contribution in [1.82, 2.24) is 9.55 Å². The summed E-state index contributed by atoms with van der Waals surface area (Å²) in [5.41, 5.74) is 2.54. The fraction of sp³-hybridized carbons (Fsp3) is 0.100. The highest BCUT2D eigenvalue weighted by molar-refractivity contribution is 6.04. The summed E-state index contributed by atoms with van der Waals surface area (Å²) >= 11 is 0. The van der Waals surface area contributed by atoms with Crippen LogP contribution >= 0.6 is 0 Å². The number of para-hydroxylation sites is 1. The number of fused-ring (bicyclic) bond motifs is 2. The second-order valence-electron chi connectivity index (χ2n) is 5.92. The molecular weight excluding hydrogens is 314 g/mol. The zero-order chi connectivity index (χ0) is 17.4. The molecule has 1 amide bonds. The number of aromatic nitrogens is 2. The fourth-order valence-electron chi connectivity index (χ4n) is 3.07. The second-order valence-corrected chi connectivity index (χ2v) is 5.92. The van der Waals surface area contributed by atoms with Crippen LogP contribution in [0, 0.1) is 0 Å². The van der Waals surface area contributed by atoms with Crippen LogP contribution in [0.1, 0.15) is 17.4 Å². The minimum Gasteiger partial charge on any atom is -0.350 e. The van der Waals surface area contributed by atoms with Crippen LogP contribution in [0.5, 0.6) is 0 Å². The number of hydrogen-bond donors (Lipinski definition) is 2. The molecule has 5 heteroatoms. The van der Waals surface area contributed by atoms with Crippen molar-refractivity contribution in [2.45, 2.75) is 13.5 Å². The van der Waals surface area contributed by atoms with Crippen LogP contribution in [0.15, 0.2) is 65.6 Å². The monoisotopic (exact) mass is 331 g/mol. The lowest BCUT2D eigenvalue weighted by Gasteiger charge is -2.07. The summed E-state index contributed by atoms with van der Waals surface area (Å²) in [6, 6.07) is 16.3. The minimum absolute atomic E-state index is 0.171. The Bertz CT molecular complexity index is 1150. The highest BCUT2D eigenvalue weighted by Crippen LogP contribution is 2.21. The van der Waals surface area contributed by atoms with E-state index in [1.54, 1.807) is 18.2 Å². The number of rotatable bonds is 3. The number of nitrogens with zero attached hydrogens (tertiary/aromatic N) is 1. The molecule has 2 aromatic carbocycles. The zero-order valence-corrected chi connectivity index (χ0v) is 13.7. The van der Waals surface area contributed by atoms with Crippen LogP contribution in [0.3, 0.4) is 0 Å². The first-order valence-electron chi connectivity index (χ1n) is 8.18. The number of nitrogens with one attached hydrogen (secondary N) is 2. The number of amides is 1. The summed E-state index contributed by atoms with van der Waals surface area (Å²) in [6.45, 7) is 2.98. The Hall–Kier alpha value is -3.34. The van der Waals surface area contributed by atoms with Crippen LogP contribution in [-0.2, 0) is 6.54 Å². The lowest BCUT2D eigenvalue weighted by atomic mass is 10.2. The largest absolute Gasteiger partial charge is 0.350 e. The van der Waals surface area contributed by atoms with Crippen LogP contribution in [0.25, 0.3) is 21.8 Å². The maximum Gasteiger partial charge on any atom is 0.272 e. The number of carbonyl (C=O) groups excluding carboxylic acids is 1. The molecule has 0 atom stereocenters. The first-order chi connectivity index (χ1) is 12.2. The standard InChI is InChI=1S/C20H17N3O2/c1-2-23-10-9-13-11-14(7-8-18(13)23)21-20(25)17-12-19(24)15-5-3-4-6-16(15)22-17/h3-12H,2H2,1H3,(H,21,25)(H,22,24). The van der Waals surface area contributed by atoms with Crippen LogP contribution in [0.4, 0.5) is 5.69 Å². The molecule has 4 aromatic rings. The van der Waals surface area contributed by atoms with E-state index >= 15 is 0 Å². The van der Waals surface area contributed by atoms with Gasteiger partial charge >= 0.3 is 0 Å². The molecule has 124 valence electrons. The SMILES string of the molecule is CCn1ccc2cc(NC(=O)c3cc(=O)c4ccccc4[nH]3)ccc21. The highest BCUT2D eigenvalue weighted by Gasteiger charge is 2.10. The van der Waals surface area contributed by atoms with E-state index in [-0.39, 0.29) is 17.0 Å². The van der Waals surface area contributed by atoms with E-state index < -0.39 is 0 Å². The third kappa shape index (κ3) is 2.70. The lowest BCUT2D eigenvalue weighted by Crippen LogP contribution is -2.17. The summed E-state index contributed by atoms with van der Waals surface area (Å²) in [4.78, 5) is 27.7. The number of hydrogen-bond acceptors (Lipinski definition) is 2. The van der Waals surface area contributed by atoms with Gasteiger partial charge in [-0.3, -0.25) is 9.59 Å². The number of aromatic amines is 1. The van der Waals surface area contributed by atoms with Crippen molar-refractivity contribution in [2.75, 3.05) is 5.32 Å². The van der Waals surface area contributed by atoms with E-state index in [4.69, 9.17) is 0 Å². The number of carbonyl (C=O) groups is 1. The smallest absolute Gasteiger partial charge is 0.272 e. The number of benzene rings is 2. The molecule has 0 aliphatic carbocycles. The lowest BCUT2D eigenvalue weighted by molar-refractivity contribution is 0.102. The van der Waals surface area contributed by atoms with Gasteiger partial charge in [0.05, 0.1) is 0 Å². The molecule has 0 bridgehead atoms. The fourth-order valence-corrected chi connectivity index (χ4v) is 3.07. The quantitative estimate of drug-likeness (QED) is 0.600. The Balaban J connectivity index is 1.67. The third-order valence-corrected chi connectivity index (χ3v) is 4.35. The molecule has 0 saturated carbocycles. The Labute approximate surface area is 143 Å². The van der Waals surface area contributed by atoms with Gasteiger partial charge in [-0.2, -0.15) is 0 Å². The summed E-state index contributed by atoms with van der Waals surface area (Å²) in [5, 5.41) is 4.48. The molecule has 0 aliphatic heterocycles. The number of pyridine rings is 1. The van der Waals surface area contributed by atoms with Gasteiger partial charge in [-0.15, -0.1) is 0 Å². The predicted molar refractivity (Wildman–Crippen MR) is 100 cm³/mol. The van der Waals surface area contributed by atoms with Crippen molar-refractivity contribution in [1.29, 1.82) is 0 Å². The molecule has 2 N–H and O–H groups in total. The van der Waals surface area contributed by atoms with Crippen molar-refractivity contribution < 1.29 is 4.79 Å². The first-order valence-corrected chi connectivity index (χ1v) is 8.18. The third-order valence-electron chi connectivity index (χ3n) is 4.35. The normalized spacial score (nSPS) is 11.1. The average Bonchev–Trinajstić information content (AvgIpc) is 3.04. The molecule has 0 spiro atoms. The van der Waals surface area contributed by atoms with Crippen molar-refractivity contribution >= 4 is 33.4 Å². The Morgan fingerprint density at radius 3 is 2.80 bits per heavy atom. The topological polar surface area (TPSA) is 66.9 Å².